The van der Waals surface area contributed by atoms with Crippen LogP contribution >= 0.6 is 11.6 Å². The molecule has 3 heterocycles. The van der Waals surface area contributed by atoms with Crippen molar-refractivity contribution in [3.05, 3.63) is 36.0 Å². The first-order valence-electron chi connectivity index (χ1n) is 4.48. The summed E-state index contributed by atoms with van der Waals surface area (Å²) < 4.78 is 1.56. The molecule has 0 amide bonds. The highest BCUT2D eigenvalue weighted by atomic mass is 35.5. The number of halogens is 1. The van der Waals surface area contributed by atoms with E-state index in [1.54, 1.807) is 29.0 Å². The minimum atomic E-state index is 0.380. The molecule has 0 atom stereocenters. The van der Waals surface area contributed by atoms with E-state index < -0.39 is 0 Å². The molecule has 0 saturated carbocycles. The summed E-state index contributed by atoms with van der Waals surface area (Å²) in [6, 6.07) is 3.41. The molecule has 3 aromatic rings. The van der Waals surface area contributed by atoms with Gasteiger partial charge in [0.15, 0.2) is 11.5 Å². The second-order valence-electron chi connectivity index (χ2n) is 3.08. The molecule has 0 unspecified atom stereocenters. The Bertz CT molecular complexity index is 635. The largest absolute Gasteiger partial charge is 0.244 e. The third kappa shape index (κ3) is 1.40. The number of fused-ring (bicyclic) bond motifs is 1. The Labute approximate surface area is 94.9 Å². The zero-order chi connectivity index (χ0) is 11.0. The molecule has 0 aliphatic rings. The third-order valence-corrected chi connectivity index (χ3v) is 2.25. The first kappa shape index (κ1) is 9.17. The molecule has 0 aliphatic carbocycles. The van der Waals surface area contributed by atoms with E-state index >= 15 is 0 Å². The Balaban J connectivity index is 2.29. The smallest absolute Gasteiger partial charge is 0.188 e. The lowest BCUT2D eigenvalue weighted by Gasteiger charge is -1.97. The van der Waals surface area contributed by atoms with Crippen LogP contribution in [0.15, 0.2) is 30.9 Å². The fraction of sp³-hybridized carbons (Fsp3) is 0. The van der Waals surface area contributed by atoms with Crippen LogP contribution in [0.25, 0.3) is 17.0 Å². The van der Waals surface area contributed by atoms with Gasteiger partial charge < -0.3 is 0 Å². The molecule has 0 radical (unpaired) electrons. The Morgan fingerprint density at radius 3 is 2.69 bits per heavy atom. The molecule has 78 valence electrons. The molecule has 0 aromatic carbocycles. The lowest BCUT2D eigenvalue weighted by atomic mass is 10.3. The van der Waals surface area contributed by atoms with Gasteiger partial charge in [-0.3, -0.25) is 0 Å². The van der Waals surface area contributed by atoms with Crippen LogP contribution < -0.4 is 0 Å². The van der Waals surface area contributed by atoms with Crippen molar-refractivity contribution in [1.82, 2.24) is 29.8 Å². The Morgan fingerprint density at radius 1 is 1.06 bits per heavy atom. The first-order chi connectivity index (χ1) is 7.84. The molecule has 0 N–H and O–H groups in total. The van der Waals surface area contributed by atoms with Crippen LogP contribution in [0.1, 0.15) is 0 Å². The van der Waals surface area contributed by atoms with Crippen LogP contribution in [0.5, 0.6) is 0 Å². The van der Waals surface area contributed by atoms with Crippen molar-refractivity contribution in [3.63, 3.8) is 0 Å². The minimum Gasteiger partial charge on any atom is -0.244 e. The standard InChI is InChI=1S/C9H5ClN6/c10-7-1-2-8-13-14-9(16(8)15-7)6-3-11-5-12-4-6/h1-5H. The van der Waals surface area contributed by atoms with E-state index in [1.807, 2.05) is 0 Å². The lowest BCUT2D eigenvalue weighted by molar-refractivity contribution is 0.932. The van der Waals surface area contributed by atoms with Gasteiger partial charge in [-0.15, -0.1) is 10.2 Å². The Kier molecular flexibility index (Phi) is 2.00. The van der Waals surface area contributed by atoms with Crippen molar-refractivity contribution in [2.24, 2.45) is 0 Å². The van der Waals surface area contributed by atoms with Crippen molar-refractivity contribution in [2.75, 3.05) is 0 Å². The number of hydrogen-bond donors (Lipinski definition) is 0. The topological polar surface area (TPSA) is 68.9 Å². The second-order valence-corrected chi connectivity index (χ2v) is 3.46. The molecule has 0 aliphatic heterocycles. The van der Waals surface area contributed by atoms with Gasteiger partial charge in [0, 0.05) is 12.4 Å². The molecule has 16 heavy (non-hydrogen) atoms. The van der Waals surface area contributed by atoms with Crippen LogP contribution in [0.2, 0.25) is 5.15 Å². The van der Waals surface area contributed by atoms with Gasteiger partial charge in [-0.25, -0.2) is 9.97 Å². The van der Waals surface area contributed by atoms with Gasteiger partial charge in [0.05, 0.1) is 5.56 Å². The summed E-state index contributed by atoms with van der Waals surface area (Å²) in [5.74, 6) is 0.568. The maximum absolute atomic E-state index is 5.82. The highest BCUT2D eigenvalue weighted by Crippen LogP contribution is 2.16. The van der Waals surface area contributed by atoms with Crippen molar-refractivity contribution in [2.45, 2.75) is 0 Å². The molecular weight excluding hydrogens is 228 g/mol. The number of nitrogens with zero attached hydrogens (tertiary/aromatic N) is 6. The van der Waals surface area contributed by atoms with Crippen molar-refractivity contribution < 1.29 is 0 Å². The van der Waals surface area contributed by atoms with Crippen molar-refractivity contribution in [3.8, 4) is 11.4 Å². The van der Waals surface area contributed by atoms with Gasteiger partial charge in [0.2, 0.25) is 0 Å². The molecule has 0 fully saturated rings. The van der Waals surface area contributed by atoms with E-state index in [4.69, 9.17) is 11.6 Å². The van der Waals surface area contributed by atoms with Crippen molar-refractivity contribution in [1.29, 1.82) is 0 Å². The molecule has 6 nitrogen and oxygen atoms in total. The molecule has 7 heteroatoms. The summed E-state index contributed by atoms with van der Waals surface area (Å²) in [5, 5.41) is 12.5. The van der Waals surface area contributed by atoms with E-state index in [1.165, 1.54) is 6.33 Å². The fourth-order valence-electron chi connectivity index (χ4n) is 1.36. The van der Waals surface area contributed by atoms with Crippen LogP contribution in [0.3, 0.4) is 0 Å². The zero-order valence-electron chi connectivity index (χ0n) is 7.95. The zero-order valence-corrected chi connectivity index (χ0v) is 8.70. The minimum absolute atomic E-state index is 0.380. The van der Waals surface area contributed by atoms with Gasteiger partial charge in [-0.05, 0) is 12.1 Å². The summed E-state index contributed by atoms with van der Waals surface area (Å²) in [4.78, 5) is 7.83. The average molecular weight is 233 g/mol. The first-order valence-corrected chi connectivity index (χ1v) is 4.86. The average Bonchev–Trinajstić information content (AvgIpc) is 2.73. The molecule has 3 rings (SSSR count). The summed E-state index contributed by atoms with van der Waals surface area (Å²) in [5.41, 5.74) is 1.37. The summed E-state index contributed by atoms with van der Waals surface area (Å²) >= 11 is 5.82. The Morgan fingerprint density at radius 2 is 1.88 bits per heavy atom. The van der Waals surface area contributed by atoms with E-state index in [-0.39, 0.29) is 0 Å². The highest BCUT2D eigenvalue weighted by molar-refractivity contribution is 6.29. The van der Waals surface area contributed by atoms with Crippen LogP contribution in [0.4, 0.5) is 0 Å². The quantitative estimate of drug-likeness (QED) is 0.631. The second kappa shape index (κ2) is 3.49. The van der Waals surface area contributed by atoms with Gasteiger partial charge in [-0.2, -0.15) is 9.61 Å². The predicted octanol–water partition coefficient (Wildman–Crippen LogP) is 1.23. The van der Waals surface area contributed by atoms with Crippen LogP contribution in [-0.4, -0.2) is 29.8 Å². The molecule has 0 spiro atoms. The van der Waals surface area contributed by atoms with Crippen LogP contribution in [-0.2, 0) is 0 Å². The maximum atomic E-state index is 5.82. The summed E-state index contributed by atoms with van der Waals surface area (Å²) in [6.45, 7) is 0. The number of aromatic nitrogens is 6. The number of rotatable bonds is 1. The van der Waals surface area contributed by atoms with E-state index in [9.17, 15) is 0 Å². The van der Waals surface area contributed by atoms with E-state index in [0.29, 0.717) is 16.6 Å². The van der Waals surface area contributed by atoms with Gasteiger partial charge in [0.25, 0.3) is 0 Å². The molecule has 3 aromatic heterocycles. The van der Waals surface area contributed by atoms with E-state index in [0.717, 1.165) is 5.56 Å². The monoisotopic (exact) mass is 232 g/mol. The van der Waals surface area contributed by atoms with Crippen molar-refractivity contribution >= 4 is 17.2 Å². The highest BCUT2D eigenvalue weighted by Gasteiger charge is 2.09. The van der Waals surface area contributed by atoms with Gasteiger partial charge in [0.1, 0.15) is 11.5 Å². The molecule has 0 saturated heterocycles. The predicted molar refractivity (Wildman–Crippen MR) is 56.8 cm³/mol. The molecule has 0 bridgehead atoms. The summed E-state index contributed by atoms with van der Waals surface area (Å²) in [7, 11) is 0. The SMILES string of the molecule is Clc1ccc2nnc(-c3cncnc3)n2n1. The molecular formula is C9H5ClN6. The summed E-state index contributed by atoms with van der Waals surface area (Å²) in [6.07, 6.45) is 4.74. The van der Waals surface area contributed by atoms with E-state index in [2.05, 4.69) is 25.3 Å². The maximum Gasteiger partial charge on any atom is 0.188 e. The lowest BCUT2D eigenvalue weighted by Crippen LogP contribution is -1.95. The van der Waals surface area contributed by atoms with Crippen LogP contribution in [0, 0.1) is 0 Å². The Hall–Kier alpha value is -2.08. The van der Waals surface area contributed by atoms with Gasteiger partial charge >= 0.3 is 0 Å². The fourth-order valence-corrected chi connectivity index (χ4v) is 1.50. The third-order valence-electron chi connectivity index (χ3n) is 2.05. The normalized spacial score (nSPS) is 10.8. The van der Waals surface area contributed by atoms with Gasteiger partial charge in [-0.1, -0.05) is 11.6 Å². The number of hydrogen-bond acceptors (Lipinski definition) is 5.